The Labute approximate surface area is 418 Å². The lowest BCUT2D eigenvalue weighted by molar-refractivity contribution is -0.745. The van der Waals surface area contributed by atoms with E-state index in [-0.39, 0.29) is 47.1 Å². The Morgan fingerprint density at radius 3 is 2.21 bits per heavy atom. The van der Waals surface area contributed by atoms with Crippen LogP contribution in [0.1, 0.15) is 25.1 Å². The summed E-state index contributed by atoms with van der Waals surface area (Å²) in [6.07, 6.45) is -12.9. The predicted octanol–water partition coefficient (Wildman–Crippen LogP) is -4.01. The SMILES string of the molecule is COCC[C@H]1[C@@H](O)[C@H]([n+]2cn(C)c3c(=O)[nH]c(N)nc32)O[C@@H]1COP(=O)(O)OP(=O)(O)NP(=O)(O)OC[C@H]1O[C@@H](n2cnc3c(N)ncnc32)[C@H](OC)[C@@H]1OP(=O)(O)OC[C@H]1O[C@@H](n2ccc(=O)[nH]c2=O)[C@H](O)[C@@H]1O. The van der Waals surface area contributed by atoms with Crippen molar-refractivity contribution in [3.05, 3.63) is 62.4 Å². The molecule has 3 saturated heterocycles. The summed E-state index contributed by atoms with van der Waals surface area (Å²) in [4.78, 5) is 101. The van der Waals surface area contributed by atoms with Gasteiger partial charge < -0.3 is 70.0 Å². The largest absolute Gasteiger partial charge is 0.480 e. The van der Waals surface area contributed by atoms with E-state index in [9.17, 15) is 67.5 Å². The molecular formula is C34H50N13O24P4+. The molecule has 37 nitrogen and oxygen atoms in total. The molecular weight excluding hydrogens is 1100 g/mol. The van der Waals surface area contributed by atoms with Crippen LogP contribution in [0.5, 0.6) is 0 Å². The van der Waals surface area contributed by atoms with Crippen molar-refractivity contribution in [2.75, 3.05) is 52.1 Å². The van der Waals surface area contributed by atoms with Crippen LogP contribution < -0.4 is 37.7 Å². The minimum Gasteiger partial charge on any atom is -0.387 e. The number of aryl methyl sites for hydroxylation is 1. The second kappa shape index (κ2) is 22.0. The van der Waals surface area contributed by atoms with E-state index in [1.54, 1.807) is 0 Å². The van der Waals surface area contributed by atoms with Crippen molar-refractivity contribution >= 4 is 65.2 Å². The molecule has 0 amide bonds. The molecule has 8 rings (SSSR count). The van der Waals surface area contributed by atoms with Crippen molar-refractivity contribution in [3.8, 4) is 0 Å². The smallest absolute Gasteiger partial charge is 0.387 e. The highest BCUT2D eigenvalue weighted by Gasteiger charge is 2.53. The van der Waals surface area contributed by atoms with Gasteiger partial charge in [0.15, 0.2) is 30.2 Å². The van der Waals surface area contributed by atoms with Crippen molar-refractivity contribution < 1.29 is 104 Å². The van der Waals surface area contributed by atoms with Crippen molar-refractivity contribution in [1.82, 2.24) is 48.5 Å². The standard InChI is InChI=1S/C34H49N13O24P4/c1-44-13-47(28-20(44)29(52)42-33(36)41-28)30-21(49)14(5-7-62-2)15(67-30)8-66-75(60,61)71-73(56,57)43-72(54,55)64-10-17-24(25(63-3)32(69-17)46-12-39-19-26(35)37-11-38-27(19)46)70-74(58,59)65-9-16-22(50)23(51)31(68-16)45-6-4-18(48)40-34(45)53/h4,6,11-17,21-25,30-32,49-51H,5,7-10H2,1-3H3,(H10-,35,36,37,38,40,41,42,43,48,52,53,54,55,56,57,58,59,60,61)/p+1/t14-,15-,16-,17-,21-,22-,23-,24-,25-,30-,31-,32-/m1/s1. The normalized spacial score (nSPS) is 30.4. The van der Waals surface area contributed by atoms with E-state index in [1.165, 1.54) is 39.0 Å². The van der Waals surface area contributed by atoms with E-state index in [0.717, 1.165) is 36.6 Å². The fourth-order valence-electron chi connectivity index (χ4n) is 8.54. The number of nitrogens with zero attached hydrogens (tertiary/aromatic N) is 8. The topological polar surface area (TPSA) is 519 Å². The van der Waals surface area contributed by atoms with Gasteiger partial charge in [0, 0.05) is 39.0 Å². The van der Waals surface area contributed by atoms with E-state index in [2.05, 4.69) is 29.2 Å². The van der Waals surface area contributed by atoms with Crippen LogP contribution in [0.15, 0.2) is 45.6 Å². The lowest BCUT2D eigenvalue weighted by Crippen LogP contribution is -2.45. The molecule has 5 aromatic rings. The number of methoxy groups -OCH3 is 2. The number of aliphatic hydroxyl groups excluding tert-OH is 3. The molecule has 3 aliphatic rings. The molecule has 14 N–H and O–H groups in total. The highest BCUT2D eigenvalue weighted by atomic mass is 31.3. The number of nitrogens with one attached hydrogen (secondary N) is 3. The lowest BCUT2D eigenvalue weighted by Gasteiger charge is -2.26. The quantitative estimate of drug-likeness (QED) is 0.0232. The minimum absolute atomic E-state index is 0.0000122. The summed E-state index contributed by atoms with van der Waals surface area (Å²) in [7, 11) is -18.8. The van der Waals surface area contributed by atoms with Crippen molar-refractivity contribution in [1.29, 1.82) is 0 Å². The van der Waals surface area contributed by atoms with Gasteiger partial charge >= 0.3 is 42.5 Å². The molecule has 41 heteroatoms. The fraction of sp³-hybridized carbons (Fsp3) is 0.588. The summed E-state index contributed by atoms with van der Waals surface area (Å²) in [5, 5.41) is 32.7. The van der Waals surface area contributed by atoms with Crippen LogP contribution in [0.3, 0.4) is 0 Å². The first-order valence-electron chi connectivity index (χ1n) is 21.7. The number of ether oxygens (including phenoxy) is 5. The number of rotatable bonds is 22. The van der Waals surface area contributed by atoms with Crippen LogP contribution in [0.25, 0.3) is 22.3 Å². The third kappa shape index (κ3) is 12.2. The van der Waals surface area contributed by atoms with Gasteiger partial charge in [-0.1, -0.05) is 4.98 Å². The summed E-state index contributed by atoms with van der Waals surface area (Å²) < 4.78 is 111. The van der Waals surface area contributed by atoms with Crippen LogP contribution in [0.4, 0.5) is 11.8 Å². The molecule has 8 heterocycles. The van der Waals surface area contributed by atoms with Crippen LogP contribution in [0.2, 0.25) is 0 Å². The van der Waals surface area contributed by atoms with Gasteiger partial charge in [-0.3, -0.25) is 51.4 Å². The molecule has 3 fully saturated rings. The minimum atomic E-state index is -5.93. The molecule has 0 saturated carbocycles. The Morgan fingerprint density at radius 2 is 1.51 bits per heavy atom. The lowest BCUT2D eigenvalue weighted by atomic mass is 9.95. The number of aliphatic hydroxyl groups is 3. The average molecular weight is 1150 g/mol. The van der Waals surface area contributed by atoms with Crippen molar-refractivity contribution in [3.63, 3.8) is 0 Å². The van der Waals surface area contributed by atoms with E-state index in [0.29, 0.717) is 0 Å². The van der Waals surface area contributed by atoms with E-state index in [4.69, 9.17) is 53.2 Å². The molecule has 4 unspecified atom stereocenters. The Balaban J connectivity index is 0.942. The Bertz CT molecular complexity index is 3280. The number of anilines is 2. The fourth-order valence-corrected chi connectivity index (χ4v) is 13.5. The first kappa shape index (κ1) is 56.6. The number of phosphoric ester groups is 2. The Hall–Kier alpha value is -4.62. The molecule has 0 radical (unpaired) electrons. The summed E-state index contributed by atoms with van der Waals surface area (Å²) in [6, 6.07) is 0.930. The molecule has 0 bridgehead atoms. The molecule has 16 atom stereocenters. The monoisotopic (exact) mass is 1150 g/mol. The molecule has 0 spiro atoms. The number of hydrogen-bond acceptors (Lipinski definition) is 26. The number of nitrogens with two attached hydrogens (primary N) is 2. The van der Waals surface area contributed by atoms with Crippen LogP contribution in [-0.4, -0.2) is 168 Å². The molecule has 75 heavy (non-hydrogen) atoms. The van der Waals surface area contributed by atoms with Gasteiger partial charge in [0.1, 0.15) is 54.6 Å². The molecule has 5 aromatic heterocycles. The molecule has 414 valence electrons. The third-order valence-corrected chi connectivity index (χ3v) is 17.6. The van der Waals surface area contributed by atoms with Gasteiger partial charge in [-0.25, -0.2) is 42.6 Å². The van der Waals surface area contributed by atoms with Gasteiger partial charge in [0.05, 0.1) is 39.3 Å². The zero-order valence-electron chi connectivity index (χ0n) is 38.9. The average Bonchev–Trinajstić information content (AvgIpc) is 4.12. The van der Waals surface area contributed by atoms with Gasteiger partial charge in [0.2, 0.25) is 11.7 Å². The van der Waals surface area contributed by atoms with Crippen LogP contribution >= 0.6 is 31.1 Å². The summed E-state index contributed by atoms with van der Waals surface area (Å²) in [6.45, 7) is -3.06. The second-order valence-corrected chi connectivity index (χ2v) is 23.2. The van der Waals surface area contributed by atoms with Crippen LogP contribution in [-0.2, 0) is 71.4 Å². The zero-order valence-corrected chi connectivity index (χ0v) is 42.5. The number of aromatic amines is 2. The number of nitrogen functional groups attached to an aromatic ring is 2. The van der Waals surface area contributed by atoms with E-state index < -0.39 is 141 Å². The number of aromatic nitrogens is 10. The zero-order chi connectivity index (χ0) is 54.5. The summed E-state index contributed by atoms with van der Waals surface area (Å²) in [5.74, 6) is -1.25. The highest BCUT2D eigenvalue weighted by Crippen LogP contribution is 2.62. The van der Waals surface area contributed by atoms with Gasteiger partial charge in [0.25, 0.3) is 17.1 Å². The Morgan fingerprint density at radius 1 is 0.813 bits per heavy atom. The molecule has 0 aromatic carbocycles. The number of H-pyrrole nitrogens is 2. The predicted molar refractivity (Wildman–Crippen MR) is 244 cm³/mol. The first-order chi connectivity index (χ1) is 35.2. The maximum Gasteiger partial charge on any atom is 0.480 e. The van der Waals surface area contributed by atoms with Crippen LogP contribution in [0, 0.1) is 5.92 Å². The van der Waals surface area contributed by atoms with E-state index in [1.807, 2.05) is 4.98 Å². The second-order valence-electron chi connectivity index (χ2n) is 16.8. The van der Waals surface area contributed by atoms with Gasteiger partial charge in [-0.2, -0.15) is 4.31 Å². The molecule has 3 aliphatic heterocycles. The number of hydrogen-bond donors (Lipinski definition) is 12. The highest BCUT2D eigenvalue weighted by molar-refractivity contribution is 7.71. The number of fused-ring (bicyclic) bond motifs is 2. The van der Waals surface area contributed by atoms with Gasteiger partial charge in [-0.05, 0) is 6.42 Å². The maximum absolute atomic E-state index is 13.6. The van der Waals surface area contributed by atoms with E-state index >= 15 is 0 Å². The summed E-state index contributed by atoms with van der Waals surface area (Å²) >= 11 is 0. The number of imidazole rings is 2. The first-order valence-corrected chi connectivity index (χ1v) is 27.8. The Kier molecular flexibility index (Phi) is 16.6. The van der Waals surface area contributed by atoms with Crippen molar-refractivity contribution in [2.24, 2.45) is 13.0 Å². The van der Waals surface area contributed by atoms with Crippen molar-refractivity contribution in [2.45, 2.75) is 73.9 Å². The van der Waals surface area contributed by atoms with Gasteiger partial charge in [-0.15, -0.1) is 4.86 Å². The summed E-state index contributed by atoms with van der Waals surface area (Å²) in [5.41, 5.74) is 9.40. The third-order valence-electron chi connectivity index (χ3n) is 11.9. The maximum atomic E-state index is 13.6. The number of phosphoric acid groups is 2. The molecule has 0 aliphatic carbocycles.